The Balaban J connectivity index is 2.07. The van der Waals surface area contributed by atoms with Gasteiger partial charge in [0.05, 0.1) is 19.0 Å². The van der Waals surface area contributed by atoms with E-state index in [2.05, 4.69) is 25.9 Å². The van der Waals surface area contributed by atoms with Gasteiger partial charge in [0, 0.05) is 18.3 Å². The van der Waals surface area contributed by atoms with E-state index in [1.54, 1.807) is 0 Å². The molecule has 0 aliphatic heterocycles. The number of carboxylic acids is 1. The van der Waals surface area contributed by atoms with E-state index < -0.39 is 54.5 Å². The molecule has 0 spiro atoms. The maximum atomic E-state index is 12.9. The number of nitrogens with zero attached hydrogens (tertiary/aromatic N) is 1. The number of nitrogens with one attached hydrogen (secondary N) is 4. The number of thioether (sulfide) groups is 1. The summed E-state index contributed by atoms with van der Waals surface area (Å²) in [5.41, 5.74) is 7.30. The van der Waals surface area contributed by atoms with Gasteiger partial charge in [-0.2, -0.15) is 11.8 Å². The predicted octanol–water partition coefficient (Wildman–Crippen LogP) is -1.19. The van der Waals surface area contributed by atoms with Crippen LogP contribution in [0.1, 0.15) is 17.7 Å². The number of carboxylic acid groups (broad SMARTS) is 1. The van der Waals surface area contributed by atoms with E-state index in [0.29, 0.717) is 11.4 Å². The van der Waals surface area contributed by atoms with Crippen LogP contribution in [0.25, 0.3) is 0 Å². The molecule has 4 atom stereocenters. The Labute approximate surface area is 212 Å². The number of aromatic amines is 1. The molecule has 1 heterocycles. The molecule has 3 amide bonds. The third-order valence-electron chi connectivity index (χ3n) is 5.29. The lowest BCUT2D eigenvalue weighted by Gasteiger charge is -2.24. The SMILES string of the molecule is CSCCC(NC(=O)C(Cc1cnc[nH]1)NC(=O)C(CO)NC(=O)C(N)Cc1ccccc1)C(=O)O. The van der Waals surface area contributed by atoms with Crippen molar-refractivity contribution in [3.05, 3.63) is 54.1 Å². The number of carbonyl (C=O) groups excluding carboxylic acids is 3. The summed E-state index contributed by atoms with van der Waals surface area (Å²) in [5.74, 6) is -2.89. The molecule has 0 fully saturated rings. The molecule has 1 aromatic carbocycles. The second-order valence-corrected chi connectivity index (χ2v) is 9.05. The normalized spacial score (nSPS) is 14.2. The van der Waals surface area contributed by atoms with Gasteiger partial charge in [-0.15, -0.1) is 0 Å². The lowest BCUT2D eigenvalue weighted by molar-refractivity contribution is -0.142. The highest BCUT2D eigenvalue weighted by atomic mass is 32.2. The number of carbonyl (C=O) groups is 4. The fraction of sp³-hybridized carbons (Fsp3) is 0.435. The van der Waals surface area contributed by atoms with Crippen molar-refractivity contribution >= 4 is 35.5 Å². The second kappa shape index (κ2) is 14.9. The molecule has 2 aromatic rings. The number of rotatable bonds is 15. The van der Waals surface area contributed by atoms with Crippen LogP contribution < -0.4 is 21.7 Å². The maximum Gasteiger partial charge on any atom is 0.326 e. The van der Waals surface area contributed by atoms with Crippen molar-refractivity contribution < 1.29 is 29.4 Å². The minimum absolute atomic E-state index is 0.0218. The Morgan fingerprint density at radius 2 is 1.64 bits per heavy atom. The number of aromatic nitrogens is 2. The van der Waals surface area contributed by atoms with E-state index in [1.807, 2.05) is 36.6 Å². The minimum atomic E-state index is -1.37. The first-order chi connectivity index (χ1) is 17.2. The number of imidazole rings is 1. The zero-order chi connectivity index (χ0) is 26.5. The highest BCUT2D eigenvalue weighted by molar-refractivity contribution is 7.98. The van der Waals surface area contributed by atoms with Gasteiger partial charge in [0.25, 0.3) is 0 Å². The summed E-state index contributed by atoms with van der Waals surface area (Å²) in [6.45, 7) is -0.737. The summed E-state index contributed by atoms with van der Waals surface area (Å²) in [6.07, 6.45) is 5.08. The summed E-state index contributed by atoms with van der Waals surface area (Å²) >= 11 is 1.44. The van der Waals surface area contributed by atoms with Crippen LogP contribution in [0.15, 0.2) is 42.9 Å². The van der Waals surface area contributed by atoms with Crippen LogP contribution >= 0.6 is 11.8 Å². The molecule has 1 aromatic heterocycles. The molecule has 196 valence electrons. The molecule has 0 radical (unpaired) electrons. The van der Waals surface area contributed by atoms with Gasteiger partial charge in [-0.25, -0.2) is 9.78 Å². The Morgan fingerprint density at radius 1 is 1.00 bits per heavy atom. The Kier molecular flexibility index (Phi) is 11.9. The van der Waals surface area contributed by atoms with E-state index in [1.165, 1.54) is 24.3 Å². The molecule has 36 heavy (non-hydrogen) atoms. The van der Waals surface area contributed by atoms with E-state index in [9.17, 15) is 29.4 Å². The smallest absolute Gasteiger partial charge is 0.326 e. The summed E-state index contributed by atoms with van der Waals surface area (Å²) in [4.78, 5) is 56.6. The number of nitrogens with two attached hydrogens (primary N) is 1. The van der Waals surface area contributed by atoms with Gasteiger partial charge in [0.15, 0.2) is 0 Å². The summed E-state index contributed by atoms with van der Waals surface area (Å²) in [6, 6.07) is 4.40. The second-order valence-electron chi connectivity index (χ2n) is 8.06. The van der Waals surface area contributed by atoms with Crippen LogP contribution in [0.2, 0.25) is 0 Å². The monoisotopic (exact) mass is 520 g/mol. The number of hydrogen-bond acceptors (Lipinski definition) is 8. The fourth-order valence-corrected chi connectivity index (χ4v) is 3.77. The van der Waals surface area contributed by atoms with Crippen molar-refractivity contribution in [2.75, 3.05) is 18.6 Å². The van der Waals surface area contributed by atoms with Gasteiger partial charge in [0.1, 0.15) is 18.1 Å². The molecule has 0 saturated heterocycles. The number of aliphatic hydroxyl groups excluding tert-OH is 1. The number of benzene rings is 1. The van der Waals surface area contributed by atoms with Crippen molar-refractivity contribution in [3.63, 3.8) is 0 Å². The summed E-state index contributed by atoms with van der Waals surface area (Å²) < 4.78 is 0. The third kappa shape index (κ3) is 9.32. The van der Waals surface area contributed by atoms with E-state index >= 15 is 0 Å². The first-order valence-electron chi connectivity index (χ1n) is 11.3. The number of H-pyrrole nitrogens is 1. The molecule has 0 aliphatic carbocycles. The maximum absolute atomic E-state index is 12.9. The quantitative estimate of drug-likeness (QED) is 0.151. The molecule has 0 saturated carbocycles. The van der Waals surface area contributed by atoms with Crippen LogP contribution in [0.3, 0.4) is 0 Å². The van der Waals surface area contributed by atoms with Crippen molar-refractivity contribution in [3.8, 4) is 0 Å². The van der Waals surface area contributed by atoms with Gasteiger partial charge >= 0.3 is 5.97 Å². The average Bonchev–Trinajstić information content (AvgIpc) is 3.37. The highest BCUT2D eigenvalue weighted by Crippen LogP contribution is 2.05. The third-order valence-corrected chi connectivity index (χ3v) is 5.93. The molecule has 4 unspecified atom stereocenters. The lowest BCUT2D eigenvalue weighted by Crippen LogP contribution is -2.58. The van der Waals surface area contributed by atoms with Gasteiger partial charge in [-0.1, -0.05) is 30.3 Å². The number of hydrogen-bond donors (Lipinski definition) is 7. The predicted molar refractivity (Wildman–Crippen MR) is 134 cm³/mol. The number of aliphatic carboxylic acids is 1. The zero-order valence-electron chi connectivity index (χ0n) is 19.8. The van der Waals surface area contributed by atoms with Crippen molar-refractivity contribution in [1.29, 1.82) is 0 Å². The largest absolute Gasteiger partial charge is 0.480 e. The van der Waals surface area contributed by atoms with E-state index in [0.717, 1.165) is 5.56 Å². The van der Waals surface area contributed by atoms with E-state index in [4.69, 9.17) is 5.73 Å². The van der Waals surface area contributed by atoms with Gasteiger partial charge in [0.2, 0.25) is 17.7 Å². The highest BCUT2D eigenvalue weighted by Gasteiger charge is 2.30. The van der Waals surface area contributed by atoms with Gasteiger partial charge in [-0.05, 0) is 30.4 Å². The van der Waals surface area contributed by atoms with Crippen LogP contribution in [-0.4, -0.2) is 86.7 Å². The van der Waals surface area contributed by atoms with Gasteiger partial charge in [-0.3, -0.25) is 14.4 Å². The Hall–Kier alpha value is -3.42. The topological polar surface area (TPSA) is 200 Å². The zero-order valence-corrected chi connectivity index (χ0v) is 20.7. The first-order valence-corrected chi connectivity index (χ1v) is 12.6. The van der Waals surface area contributed by atoms with Crippen LogP contribution in [0.5, 0.6) is 0 Å². The number of aliphatic hydroxyl groups is 1. The molecule has 13 heteroatoms. The first kappa shape index (κ1) is 28.8. The van der Waals surface area contributed by atoms with Crippen LogP contribution in [0.4, 0.5) is 0 Å². The standard InChI is InChI=1S/C23H32N6O6S/c1-36-8-7-17(23(34)35)27-21(32)18(10-15-11-25-13-26-15)28-22(33)19(12-30)29-20(31)16(24)9-14-5-3-2-4-6-14/h2-6,11,13,16-19,30H,7-10,12,24H2,1H3,(H,25,26)(H,27,32)(H,28,33)(H,29,31)(H,34,35). The lowest BCUT2D eigenvalue weighted by atomic mass is 10.1. The molecule has 2 rings (SSSR count). The fourth-order valence-electron chi connectivity index (χ4n) is 3.30. The summed E-state index contributed by atoms with van der Waals surface area (Å²) in [5, 5.41) is 26.5. The van der Waals surface area contributed by atoms with Crippen molar-refractivity contribution in [1.82, 2.24) is 25.9 Å². The Bertz CT molecular complexity index is 990. The minimum Gasteiger partial charge on any atom is -0.480 e. The molecule has 0 aliphatic rings. The van der Waals surface area contributed by atoms with E-state index in [-0.39, 0.29) is 19.3 Å². The summed E-state index contributed by atoms with van der Waals surface area (Å²) in [7, 11) is 0. The Morgan fingerprint density at radius 3 is 2.22 bits per heavy atom. The molecular formula is C23H32N6O6S. The van der Waals surface area contributed by atoms with Gasteiger partial charge < -0.3 is 36.9 Å². The van der Waals surface area contributed by atoms with Crippen LogP contribution in [0, 0.1) is 0 Å². The van der Waals surface area contributed by atoms with Crippen molar-refractivity contribution in [2.24, 2.45) is 5.73 Å². The average molecular weight is 521 g/mol. The molecule has 0 bridgehead atoms. The molecule has 8 N–H and O–H groups in total. The molecule has 12 nitrogen and oxygen atoms in total. The van der Waals surface area contributed by atoms with Crippen molar-refractivity contribution in [2.45, 2.75) is 43.4 Å². The van der Waals surface area contributed by atoms with Crippen LogP contribution in [-0.2, 0) is 32.0 Å². The molecular weight excluding hydrogens is 488 g/mol. The number of amides is 3.